The van der Waals surface area contributed by atoms with Crippen molar-refractivity contribution in [3.05, 3.63) is 0 Å². The Morgan fingerprint density at radius 3 is 2.19 bits per heavy atom. The molecule has 0 spiro atoms. The molecular weight excluding hydrogens is 288 g/mol. The third-order valence-electron chi connectivity index (χ3n) is 4.88. The first kappa shape index (κ1) is 16.5. The molecule has 5 nitrogen and oxygen atoms in total. The van der Waals surface area contributed by atoms with Crippen LogP contribution >= 0.6 is 11.8 Å². The van der Waals surface area contributed by atoms with Crippen molar-refractivity contribution >= 4 is 23.8 Å². The standard InChI is InChI=1S/C15H26N2O3S/c1-21-15(7-8-15)11-17-13(20)16-10-14(9-12(18)19)5-3-2-4-6-14/h2-11H2,1H3,(H,18,19)(H2,16,17,20). The van der Waals surface area contributed by atoms with E-state index in [9.17, 15) is 9.59 Å². The van der Waals surface area contributed by atoms with Gasteiger partial charge in [0.15, 0.2) is 0 Å². The van der Waals surface area contributed by atoms with Gasteiger partial charge in [0.05, 0.1) is 6.42 Å². The summed E-state index contributed by atoms with van der Waals surface area (Å²) in [6.07, 6.45) is 9.65. The summed E-state index contributed by atoms with van der Waals surface area (Å²) in [5.74, 6) is -0.765. The maximum Gasteiger partial charge on any atom is 0.314 e. The highest BCUT2D eigenvalue weighted by Crippen LogP contribution is 2.46. The second-order valence-electron chi connectivity index (χ2n) is 6.55. The van der Waals surface area contributed by atoms with Gasteiger partial charge in [0.25, 0.3) is 0 Å². The zero-order valence-corrected chi connectivity index (χ0v) is 13.6. The number of carboxylic acid groups (broad SMARTS) is 1. The van der Waals surface area contributed by atoms with E-state index in [2.05, 4.69) is 16.9 Å². The number of carboxylic acids is 1. The fourth-order valence-corrected chi connectivity index (χ4v) is 3.93. The highest BCUT2D eigenvalue weighted by atomic mass is 32.2. The first-order valence-corrected chi connectivity index (χ1v) is 9.00. The SMILES string of the molecule is CSC1(CNC(=O)NCC2(CC(=O)O)CCCCC2)CC1. The maximum absolute atomic E-state index is 11.9. The largest absolute Gasteiger partial charge is 0.481 e. The van der Waals surface area contributed by atoms with Crippen LogP contribution in [0.1, 0.15) is 51.4 Å². The molecule has 0 heterocycles. The molecule has 0 saturated heterocycles. The lowest BCUT2D eigenvalue weighted by molar-refractivity contribution is -0.140. The van der Waals surface area contributed by atoms with Crippen LogP contribution in [0.3, 0.4) is 0 Å². The number of hydrogen-bond donors (Lipinski definition) is 3. The minimum Gasteiger partial charge on any atom is -0.481 e. The minimum atomic E-state index is -0.765. The highest BCUT2D eigenvalue weighted by molar-refractivity contribution is 8.00. The number of nitrogens with one attached hydrogen (secondary N) is 2. The van der Waals surface area contributed by atoms with Crippen LogP contribution < -0.4 is 10.6 Å². The molecule has 2 aliphatic carbocycles. The second kappa shape index (κ2) is 6.90. The Hall–Kier alpha value is -0.910. The molecule has 2 rings (SSSR count). The van der Waals surface area contributed by atoms with Gasteiger partial charge in [0.2, 0.25) is 0 Å². The van der Waals surface area contributed by atoms with E-state index in [1.807, 2.05) is 11.8 Å². The number of hydrogen-bond acceptors (Lipinski definition) is 3. The topological polar surface area (TPSA) is 78.4 Å². The van der Waals surface area contributed by atoms with Gasteiger partial charge >= 0.3 is 12.0 Å². The Balaban J connectivity index is 1.77. The summed E-state index contributed by atoms with van der Waals surface area (Å²) < 4.78 is 0.251. The molecule has 2 aliphatic rings. The number of carbonyl (C=O) groups excluding carboxylic acids is 1. The first-order chi connectivity index (χ1) is 9.99. The van der Waals surface area contributed by atoms with Crippen molar-refractivity contribution < 1.29 is 14.7 Å². The van der Waals surface area contributed by atoms with E-state index in [-0.39, 0.29) is 22.6 Å². The van der Waals surface area contributed by atoms with Crippen molar-refractivity contribution in [1.29, 1.82) is 0 Å². The molecule has 0 radical (unpaired) electrons. The average Bonchev–Trinajstić information content (AvgIpc) is 3.24. The molecule has 0 aromatic carbocycles. The first-order valence-electron chi connectivity index (χ1n) is 7.78. The van der Waals surface area contributed by atoms with E-state index < -0.39 is 5.97 Å². The summed E-state index contributed by atoms with van der Waals surface area (Å²) in [5.41, 5.74) is -0.252. The predicted octanol–water partition coefficient (Wildman–Crippen LogP) is 2.61. The van der Waals surface area contributed by atoms with Gasteiger partial charge in [-0.2, -0.15) is 11.8 Å². The summed E-state index contributed by atoms with van der Waals surface area (Å²) in [7, 11) is 0. The molecule has 0 atom stereocenters. The van der Waals surface area contributed by atoms with Gasteiger partial charge in [-0.05, 0) is 37.4 Å². The Kier molecular flexibility index (Phi) is 5.41. The summed E-state index contributed by atoms with van der Waals surface area (Å²) in [4.78, 5) is 23.0. The van der Waals surface area contributed by atoms with Crippen LogP contribution in [0.4, 0.5) is 4.79 Å². The fraction of sp³-hybridized carbons (Fsp3) is 0.867. The van der Waals surface area contributed by atoms with Gasteiger partial charge in [-0.25, -0.2) is 4.79 Å². The molecule has 0 bridgehead atoms. The molecule has 3 N–H and O–H groups in total. The van der Waals surface area contributed by atoms with Gasteiger partial charge in [-0.15, -0.1) is 0 Å². The molecule has 120 valence electrons. The van der Waals surface area contributed by atoms with Crippen LogP contribution in [-0.2, 0) is 4.79 Å². The van der Waals surface area contributed by atoms with Crippen molar-refractivity contribution in [2.45, 2.75) is 56.1 Å². The van der Waals surface area contributed by atoms with Crippen molar-refractivity contribution in [1.82, 2.24) is 10.6 Å². The number of amides is 2. The molecule has 0 aliphatic heterocycles. The van der Waals surface area contributed by atoms with Gasteiger partial charge in [-0.3, -0.25) is 4.79 Å². The predicted molar refractivity (Wildman–Crippen MR) is 84.7 cm³/mol. The molecule has 0 aromatic heterocycles. The smallest absolute Gasteiger partial charge is 0.314 e. The van der Waals surface area contributed by atoms with E-state index in [0.717, 1.165) is 38.5 Å². The molecule has 21 heavy (non-hydrogen) atoms. The fourth-order valence-electron chi connectivity index (χ4n) is 3.20. The lowest BCUT2D eigenvalue weighted by Gasteiger charge is -2.36. The zero-order valence-electron chi connectivity index (χ0n) is 12.7. The van der Waals surface area contributed by atoms with Gasteiger partial charge in [0.1, 0.15) is 0 Å². The molecule has 6 heteroatoms. The van der Waals surface area contributed by atoms with Gasteiger partial charge in [0, 0.05) is 17.8 Å². The quantitative estimate of drug-likeness (QED) is 0.675. The van der Waals surface area contributed by atoms with Crippen molar-refractivity contribution in [2.75, 3.05) is 19.3 Å². The number of rotatable bonds is 7. The molecule has 2 fully saturated rings. The minimum absolute atomic E-state index is 0.155. The van der Waals surface area contributed by atoms with Crippen LogP contribution in [-0.4, -0.2) is 41.2 Å². The van der Waals surface area contributed by atoms with Crippen LogP contribution in [0.25, 0.3) is 0 Å². The molecule has 0 unspecified atom stereocenters. The van der Waals surface area contributed by atoms with Gasteiger partial charge < -0.3 is 15.7 Å². The summed E-state index contributed by atoms with van der Waals surface area (Å²) in [5, 5.41) is 14.9. The van der Waals surface area contributed by atoms with E-state index >= 15 is 0 Å². The second-order valence-corrected chi connectivity index (χ2v) is 7.83. The third-order valence-corrected chi connectivity index (χ3v) is 6.29. The van der Waals surface area contributed by atoms with Crippen LogP contribution in [0.5, 0.6) is 0 Å². The Labute approximate surface area is 130 Å². The lowest BCUT2D eigenvalue weighted by atomic mass is 9.72. The van der Waals surface area contributed by atoms with Gasteiger partial charge in [-0.1, -0.05) is 19.3 Å². The molecular formula is C15H26N2O3S. The summed E-state index contributed by atoms with van der Waals surface area (Å²) in [6, 6.07) is -0.161. The number of thioether (sulfide) groups is 1. The Morgan fingerprint density at radius 2 is 1.67 bits per heavy atom. The van der Waals surface area contributed by atoms with Crippen LogP contribution in [0.15, 0.2) is 0 Å². The summed E-state index contributed by atoms with van der Waals surface area (Å²) in [6.45, 7) is 1.17. The Bertz CT molecular complexity index is 390. The average molecular weight is 314 g/mol. The van der Waals surface area contributed by atoms with Crippen molar-refractivity contribution in [3.63, 3.8) is 0 Å². The summed E-state index contributed by atoms with van der Waals surface area (Å²) >= 11 is 1.81. The Morgan fingerprint density at radius 1 is 1.05 bits per heavy atom. The van der Waals surface area contributed by atoms with E-state index in [4.69, 9.17) is 5.11 Å². The van der Waals surface area contributed by atoms with E-state index in [0.29, 0.717) is 13.1 Å². The van der Waals surface area contributed by atoms with Crippen LogP contribution in [0, 0.1) is 5.41 Å². The lowest BCUT2D eigenvalue weighted by Crippen LogP contribution is -2.46. The van der Waals surface area contributed by atoms with Crippen LogP contribution in [0.2, 0.25) is 0 Å². The van der Waals surface area contributed by atoms with E-state index in [1.54, 1.807) is 0 Å². The third kappa shape index (κ3) is 4.80. The molecule has 2 saturated carbocycles. The monoisotopic (exact) mass is 314 g/mol. The number of urea groups is 1. The number of carbonyl (C=O) groups is 2. The van der Waals surface area contributed by atoms with Crippen molar-refractivity contribution in [3.8, 4) is 0 Å². The molecule has 2 amide bonds. The van der Waals surface area contributed by atoms with E-state index in [1.165, 1.54) is 6.42 Å². The zero-order chi connectivity index (χ0) is 15.3. The van der Waals surface area contributed by atoms with Crippen molar-refractivity contribution in [2.24, 2.45) is 5.41 Å². The normalized spacial score (nSPS) is 22.3. The number of aliphatic carboxylic acids is 1. The maximum atomic E-state index is 11.9. The highest BCUT2D eigenvalue weighted by Gasteiger charge is 2.42. The molecule has 0 aromatic rings.